The molecule has 0 amide bonds. The molecule has 1 N–H and O–H groups in total. The molecule has 0 saturated heterocycles. The summed E-state index contributed by atoms with van der Waals surface area (Å²) < 4.78 is 20.9. The lowest BCUT2D eigenvalue weighted by Gasteiger charge is -2.14. The smallest absolute Gasteiger partial charge is 0.341 e. The molecule has 6 nitrogen and oxygen atoms in total. The van der Waals surface area contributed by atoms with Gasteiger partial charge in [0.05, 0.1) is 13.2 Å². The summed E-state index contributed by atoms with van der Waals surface area (Å²) in [6.07, 6.45) is -0.0439. The second-order valence-electron chi connectivity index (χ2n) is 2.75. The monoisotopic (exact) mass is 286 g/mol. The van der Waals surface area contributed by atoms with Crippen LogP contribution in [-0.4, -0.2) is 35.6 Å². The summed E-state index contributed by atoms with van der Waals surface area (Å²) in [6, 6.07) is 0. The van der Waals surface area contributed by atoms with E-state index in [1.807, 2.05) is 0 Å². The maximum Gasteiger partial charge on any atom is 0.341 e. The highest BCUT2D eigenvalue weighted by Gasteiger charge is 2.26. The Morgan fingerprint density at radius 2 is 1.53 bits per heavy atom. The van der Waals surface area contributed by atoms with Crippen LogP contribution in [-0.2, 0) is 23.2 Å². The molecule has 0 unspecified atom stereocenters. The van der Waals surface area contributed by atoms with Gasteiger partial charge in [0.25, 0.3) is 0 Å². The van der Waals surface area contributed by atoms with E-state index in [0.717, 1.165) is 0 Å². The minimum atomic E-state index is -3.38. The summed E-state index contributed by atoms with van der Waals surface area (Å²) in [5.74, 6) is -1.18. The normalized spacial score (nSPS) is 10.4. The third kappa shape index (κ3) is 13.6. The lowest BCUT2D eigenvalue weighted by atomic mass is 10.6. The Morgan fingerprint density at radius 3 is 1.71 bits per heavy atom. The predicted molar refractivity (Wildman–Crippen MR) is 67.6 cm³/mol. The van der Waals surface area contributed by atoms with E-state index < -0.39 is 19.7 Å². The fourth-order valence-corrected chi connectivity index (χ4v) is 2.06. The van der Waals surface area contributed by atoms with Gasteiger partial charge in [-0.15, -0.1) is 12.6 Å². The number of carboxylic acids is 1. The van der Waals surface area contributed by atoms with Crippen molar-refractivity contribution in [2.24, 2.45) is 0 Å². The Morgan fingerprint density at radius 1 is 1.18 bits per heavy atom. The number of carboxylic acid groups (broad SMARTS) is 1. The number of hydrogen-bond acceptors (Lipinski definition) is 5. The molecular weight excluding hydrogens is 267 g/mol. The van der Waals surface area contributed by atoms with Crippen molar-refractivity contribution in [3.8, 4) is 0 Å². The molecule has 8 heteroatoms. The molecule has 0 spiro atoms. The predicted octanol–water partition coefficient (Wildman–Crippen LogP) is 2.19. The van der Waals surface area contributed by atoms with Crippen molar-refractivity contribution in [3.63, 3.8) is 0 Å². The van der Waals surface area contributed by atoms with E-state index in [2.05, 4.69) is 12.6 Å². The van der Waals surface area contributed by atoms with Gasteiger partial charge in [-0.3, -0.25) is 14.2 Å². The Kier molecular flexibility index (Phi) is 12.0. The van der Waals surface area contributed by atoms with Gasteiger partial charge < -0.3 is 14.2 Å². The van der Waals surface area contributed by atoms with Crippen LogP contribution in [0.3, 0.4) is 0 Å². The zero-order valence-corrected chi connectivity index (χ0v) is 12.0. The largest absolute Gasteiger partial charge is 0.481 e. The van der Waals surface area contributed by atoms with Crippen molar-refractivity contribution in [2.45, 2.75) is 27.2 Å². The Balaban J connectivity index is 0. The summed E-state index contributed by atoms with van der Waals surface area (Å²) in [5, 5.41) is 8.32. The van der Waals surface area contributed by atoms with Crippen molar-refractivity contribution < 1.29 is 28.3 Å². The highest BCUT2D eigenvalue weighted by molar-refractivity contribution is 7.96. The van der Waals surface area contributed by atoms with Gasteiger partial charge in [0.2, 0.25) is 0 Å². The van der Waals surface area contributed by atoms with Gasteiger partial charge in [-0.1, -0.05) is 6.92 Å². The first-order valence-corrected chi connectivity index (χ1v) is 7.30. The molecule has 0 aromatic carbocycles. The second kappa shape index (κ2) is 10.8. The molecular formula is C9H19O6PS. The van der Waals surface area contributed by atoms with Crippen LogP contribution in [0.2, 0.25) is 0 Å². The molecule has 17 heavy (non-hydrogen) atoms. The number of hydrogen-bond donors (Lipinski definition) is 2. The molecule has 102 valence electrons. The second-order valence-corrected chi connectivity index (χ2v) is 5.30. The van der Waals surface area contributed by atoms with E-state index in [-0.39, 0.29) is 18.3 Å². The van der Waals surface area contributed by atoms with Crippen molar-refractivity contribution >= 4 is 31.3 Å². The summed E-state index contributed by atoms with van der Waals surface area (Å²) in [5.41, 5.74) is 0. The summed E-state index contributed by atoms with van der Waals surface area (Å²) in [7, 11) is -3.38. The zero-order valence-electron chi connectivity index (χ0n) is 10.2. The first-order valence-electron chi connectivity index (χ1n) is 5.13. The molecule has 0 saturated carbocycles. The van der Waals surface area contributed by atoms with Crippen LogP contribution in [0.15, 0.2) is 0 Å². The molecule has 0 radical (unpaired) electrons. The molecule has 0 aliphatic rings. The maximum absolute atomic E-state index is 11.4. The quantitative estimate of drug-likeness (QED) is 0.551. The molecule has 0 heterocycles. The molecule has 0 aromatic heterocycles. The fourth-order valence-electron chi connectivity index (χ4n) is 0.688. The number of carbonyl (C=O) groups excluding carboxylic acids is 1. The van der Waals surface area contributed by atoms with E-state index >= 15 is 0 Å². The molecule has 0 rings (SSSR count). The van der Waals surface area contributed by atoms with Crippen molar-refractivity contribution in [3.05, 3.63) is 0 Å². The van der Waals surface area contributed by atoms with Gasteiger partial charge >= 0.3 is 13.6 Å². The van der Waals surface area contributed by atoms with E-state index in [1.165, 1.54) is 0 Å². The summed E-state index contributed by atoms with van der Waals surface area (Å²) in [6.45, 7) is 5.41. The average Bonchev–Trinajstić information content (AvgIpc) is 2.17. The van der Waals surface area contributed by atoms with Gasteiger partial charge in [-0.05, 0) is 13.8 Å². The SMILES string of the molecule is CCC(=O)S.CCOP(=O)(CC(=O)O)OCC. The highest BCUT2D eigenvalue weighted by atomic mass is 32.1. The van der Waals surface area contributed by atoms with Crippen LogP contribution in [0.4, 0.5) is 0 Å². The number of rotatable bonds is 7. The van der Waals surface area contributed by atoms with Gasteiger partial charge in [-0.2, -0.15) is 0 Å². The lowest BCUT2D eigenvalue weighted by molar-refractivity contribution is -0.134. The fraction of sp³-hybridized carbons (Fsp3) is 0.778. The van der Waals surface area contributed by atoms with Crippen LogP contribution < -0.4 is 0 Å². The molecule has 0 bridgehead atoms. The van der Waals surface area contributed by atoms with Crippen molar-refractivity contribution in [1.82, 2.24) is 0 Å². The van der Waals surface area contributed by atoms with Crippen molar-refractivity contribution in [1.29, 1.82) is 0 Å². The molecule has 0 aliphatic heterocycles. The lowest BCUT2D eigenvalue weighted by Crippen LogP contribution is -2.08. The van der Waals surface area contributed by atoms with E-state index in [9.17, 15) is 14.2 Å². The molecule has 0 aromatic rings. The third-order valence-corrected chi connectivity index (χ3v) is 3.56. The number of aliphatic carboxylic acids is 1. The van der Waals surface area contributed by atoms with Crippen LogP contribution in [0.5, 0.6) is 0 Å². The minimum absolute atomic E-state index is 0.0509. The Hall–Kier alpha value is -0.360. The van der Waals surface area contributed by atoms with E-state index in [0.29, 0.717) is 6.42 Å². The van der Waals surface area contributed by atoms with E-state index in [4.69, 9.17) is 14.2 Å². The number of thiol groups is 1. The van der Waals surface area contributed by atoms with Crippen LogP contribution in [0.1, 0.15) is 27.2 Å². The van der Waals surface area contributed by atoms with Gasteiger partial charge in [0.1, 0.15) is 6.16 Å². The zero-order chi connectivity index (χ0) is 13.9. The first kappa shape index (κ1) is 19.0. The summed E-state index contributed by atoms with van der Waals surface area (Å²) >= 11 is 3.46. The average molecular weight is 286 g/mol. The van der Waals surface area contributed by atoms with Crippen LogP contribution in [0, 0.1) is 0 Å². The topological polar surface area (TPSA) is 89.9 Å². The molecule has 0 aliphatic carbocycles. The molecule has 0 atom stereocenters. The highest BCUT2D eigenvalue weighted by Crippen LogP contribution is 2.47. The van der Waals surface area contributed by atoms with Crippen molar-refractivity contribution in [2.75, 3.05) is 19.4 Å². The first-order chi connectivity index (χ1) is 7.81. The van der Waals surface area contributed by atoms with Gasteiger partial charge in [0, 0.05) is 6.42 Å². The summed E-state index contributed by atoms with van der Waals surface area (Å²) in [4.78, 5) is 19.9. The Bertz CT molecular complexity index is 271. The van der Waals surface area contributed by atoms with Gasteiger partial charge in [0.15, 0.2) is 5.12 Å². The Labute approximate surface area is 107 Å². The molecule has 0 fully saturated rings. The number of carbonyl (C=O) groups is 2. The van der Waals surface area contributed by atoms with Gasteiger partial charge in [-0.25, -0.2) is 0 Å². The van der Waals surface area contributed by atoms with Crippen LogP contribution >= 0.6 is 20.2 Å². The maximum atomic E-state index is 11.4. The van der Waals surface area contributed by atoms with E-state index in [1.54, 1.807) is 20.8 Å². The minimum Gasteiger partial charge on any atom is -0.481 e. The standard InChI is InChI=1S/C6H13O5P.C3H6OS/c1-3-10-12(9,11-4-2)5-6(7)8;1-2-3(4)5/h3-5H2,1-2H3,(H,7,8);2H2,1H3,(H,4,5). The third-order valence-electron chi connectivity index (χ3n) is 1.28. The van der Waals surface area contributed by atoms with Crippen LogP contribution in [0.25, 0.3) is 0 Å².